The monoisotopic (exact) mass is 400 g/mol. The van der Waals surface area contributed by atoms with Gasteiger partial charge in [0.15, 0.2) is 0 Å². The van der Waals surface area contributed by atoms with Crippen LogP contribution < -0.4 is 14.9 Å². The van der Waals surface area contributed by atoms with Crippen molar-refractivity contribution in [1.82, 2.24) is 0 Å². The maximum atomic E-state index is 13.2. The second-order valence-electron chi connectivity index (χ2n) is 6.00. The van der Waals surface area contributed by atoms with Crippen molar-refractivity contribution >= 4 is 28.9 Å². The Labute approximate surface area is 163 Å². The number of rotatable bonds is 4. The van der Waals surface area contributed by atoms with Gasteiger partial charge >= 0.3 is 17.9 Å². The summed E-state index contributed by atoms with van der Waals surface area (Å²) in [5.74, 6) is -1.90. The molecule has 2 aromatic heterocycles. The molecule has 0 atom stereocenters. The molecule has 0 spiro atoms. The van der Waals surface area contributed by atoms with Gasteiger partial charge in [-0.25, -0.2) is 4.79 Å². The van der Waals surface area contributed by atoms with Crippen molar-refractivity contribution < 1.29 is 37.4 Å². The number of hydrogen-bond donors (Lipinski definition) is 0. The predicted octanol–water partition coefficient (Wildman–Crippen LogP) is 3.00. The van der Waals surface area contributed by atoms with Gasteiger partial charge in [-0.2, -0.15) is 0 Å². The Morgan fingerprint density at radius 3 is 2.28 bits per heavy atom. The molecule has 0 amide bonds. The zero-order valence-electron chi connectivity index (χ0n) is 16.0. The van der Waals surface area contributed by atoms with Gasteiger partial charge in [0, 0.05) is 26.0 Å². The van der Waals surface area contributed by atoms with Crippen LogP contribution in [0.2, 0.25) is 0 Å². The van der Waals surface area contributed by atoms with E-state index in [1.54, 1.807) is 0 Å². The van der Waals surface area contributed by atoms with Crippen LogP contribution in [-0.2, 0) is 14.3 Å². The van der Waals surface area contributed by atoms with E-state index in [-0.39, 0.29) is 45.3 Å². The van der Waals surface area contributed by atoms with Gasteiger partial charge in [-0.15, -0.1) is 0 Å². The maximum Gasteiger partial charge on any atom is 0.373 e. The average molecular weight is 400 g/mol. The Bertz CT molecular complexity index is 1200. The molecule has 9 nitrogen and oxygen atoms in total. The van der Waals surface area contributed by atoms with Gasteiger partial charge in [0.2, 0.25) is 11.2 Å². The molecule has 0 saturated heterocycles. The third kappa shape index (κ3) is 3.88. The SMILES string of the molecule is COC(=O)c1ccc(-c2c(C)oc3cc(OC(C)=O)cc(OC(C)=O)c3c2=O)o1. The largest absolute Gasteiger partial charge is 0.463 e. The first-order valence-corrected chi connectivity index (χ1v) is 8.38. The number of carbonyl (C=O) groups is 3. The number of benzene rings is 1. The number of furan rings is 1. The summed E-state index contributed by atoms with van der Waals surface area (Å²) >= 11 is 0. The van der Waals surface area contributed by atoms with Gasteiger partial charge in [0.1, 0.15) is 39.6 Å². The minimum absolute atomic E-state index is 0.0429. The predicted molar refractivity (Wildman–Crippen MR) is 98.9 cm³/mol. The second-order valence-corrected chi connectivity index (χ2v) is 6.00. The molecule has 0 saturated carbocycles. The number of esters is 3. The fourth-order valence-electron chi connectivity index (χ4n) is 2.80. The standard InChI is InChI=1S/C20H16O9/c1-9-17(13-5-6-14(29-13)20(24)25-4)19(23)18-15(26-9)7-12(27-10(2)21)8-16(18)28-11(3)22/h5-8H,1-4H3. The highest BCUT2D eigenvalue weighted by atomic mass is 16.5. The molecular formula is C20H16O9. The van der Waals surface area contributed by atoms with Gasteiger partial charge < -0.3 is 23.0 Å². The van der Waals surface area contributed by atoms with E-state index in [0.717, 1.165) is 6.92 Å². The third-order valence-electron chi connectivity index (χ3n) is 3.86. The van der Waals surface area contributed by atoms with Crippen LogP contribution in [0.5, 0.6) is 11.5 Å². The number of aryl methyl sites for hydroxylation is 1. The minimum Gasteiger partial charge on any atom is -0.463 e. The van der Waals surface area contributed by atoms with Crippen LogP contribution in [0.3, 0.4) is 0 Å². The van der Waals surface area contributed by atoms with E-state index in [2.05, 4.69) is 4.74 Å². The Hall–Kier alpha value is -3.88. The van der Waals surface area contributed by atoms with E-state index < -0.39 is 23.3 Å². The Morgan fingerprint density at radius 1 is 0.966 bits per heavy atom. The molecule has 0 aliphatic heterocycles. The van der Waals surface area contributed by atoms with E-state index in [1.807, 2.05) is 0 Å². The lowest BCUT2D eigenvalue weighted by atomic mass is 10.1. The fourth-order valence-corrected chi connectivity index (χ4v) is 2.80. The first-order chi connectivity index (χ1) is 13.7. The number of hydrogen-bond acceptors (Lipinski definition) is 9. The van der Waals surface area contributed by atoms with Gasteiger partial charge in [0.05, 0.1) is 7.11 Å². The van der Waals surface area contributed by atoms with Crippen LogP contribution in [0.15, 0.2) is 37.9 Å². The third-order valence-corrected chi connectivity index (χ3v) is 3.86. The summed E-state index contributed by atoms with van der Waals surface area (Å²) in [5, 5.41) is -0.0484. The quantitative estimate of drug-likeness (QED) is 0.480. The van der Waals surface area contributed by atoms with Crippen LogP contribution in [-0.4, -0.2) is 25.0 Å². The Morgan fingerprint density at radius 2 is 1.66 bits per heavy atom. The highest BCUT2D eigenvalue weighted by Crippen LogP contribution is 2.33. The zero-order chi connectivity index (χ0) is 21.3. The number of methoxy groups -OCH3 is 1. The van der Waals surface area contributed by atoms with Gasteiger partial charge in [-0.1, -0.05) is 0 Å². The van der Waals surface area contributed by atoms with Crippen LogP contribution >= 0.6 is 0 Å². The minimum atomic E-state index is -0.703. The van der Waals surface area contributed by atoms with Crippen LogP contribution in [0.4, 0.5) is 0 Å². The molecule has 29 heavy (non-hydrogen) atoms. The van der Waals surface area contributed by atoms with Crippen molar-refractivity contribution in [2.75, 3.05) is 7.11 Å². The molecule has 0 unspecified atom stereocenters. The van der Waals surface area contributed by atoms with E-state index in [1.165, 1.54) is 45.2 Å². The van der Waals surface area contributed by atoms with Crippen molar-refractivity contribution in [2.45, 2.75) is 20.8 Å². The summed E-state index contributed by atoms with van der Waals surface area (Å²) in [5.41, 5.74) is -0.465. The van der Waals surface area contributed by atoms with Crippen molar-refractivity contribution in [3.8, 4) is 22.8 Å². The smallest absolute Gasteiger partial charge is 0.373 e. The molecule has 150 valence electrons. The highest BCUT2D eigenvalue weighted by Gasteiger charge is 2.23. The Balaban J connectivity index is 2.27. The first kappa shape index (κ1) is 19.9. The lowest BCUT2D eigenvalue weighted by molar-refractivity contribution is -0.132. The summed E-state index contributed by atoms with van der Waals surface area (Å²) in [6.45, 7) is 3.90. The van der Waals surface area contributed by atoms with Crippen molar-refractivity contribution in [3.63, 3.8) is 0 Å². The molecule has 3 aromatic rings. The van der Waals surface area contributed by atoms with Crippen molar-refractivity contribution in [1.29, 1.82) is 0 Å². The Kier molecular flexibility index (Phi) is 5.22. The number of fused-ring (bicyclic) bond motifs is 1. The molecule has 0 aliphatic rings. The van der Waals surface area contributed by atoms with Crippen molar-refractivity contribution in [2.24, 2.45) is 0 Å². The van der Waals surface area contributed by atoms with E-state index >= 15 is 0 Å². The molecule has 1 aromatic carbocycles. The number of carbonyl (C=O) groups excluding carboxylic acids is 3. The molecule has 2 heterocycles. The molecule has 0 N–H and O–H groups in total. The summed E-state index contributed by atoms with van der Waals surface area (Å²) in [4.78, 5) is 47.6. The van der Waals surface area contributed by atoms with E-state index in [4.69, 9.17) is 18.3 Å². The summed E-state index contributed by atoms with van der Waals surface area (Å²) in [7, 11) is 1.20. The van der Waals surface area contributed by atoms with Gasteiger partial charge in [-0.3, -0.25) is 14.4 Å². The van der Waals surface area contributed by atoms with Gasteiger partial charge in [-0.05, 0) is 19.1 Å². The summed E-state index contributed by atoms with van der Waals surface area (Å²) in [6.07, 6.45) is 0. The van der Waals surface area contributed by atoms with E-state index in [9.17, 15) is 19.2 Å². The second kappa shape index (κ2) is 7.63. The summed E-state index contributed by atoms with van der Waals surface area (Å²) < 4.78 is 25.9. The van der Waals surface area contributed by atoms with Crippen LogP contribution in [0, 0.1) is 6.92 Å². The molecular weight excluding hydrogens is 384 g/mol. The fraction of sp³-hybridized carbons (Fsp3) is 0.200. The number of ether oxygens (including phenoxy) is 3. The molecule has 0 radical (unpaired) electrons. The zero-order valence-corrected chi connectivity index (χ0v) is 16.0. The lowest BCUT2D eigenvalue weighted by Gasteiger charge is -2.11. The molecule has 0 aliphatic carbocycles. The molecule has 9 heteroatoms. The average Bonchev–Trinajstić information content (AvgIpc) is 3.09. The van der Waals surface area contributed by atoms with Gasteiger partial charge in [0.25, 0.3) is 0 Å². The van der Waals surface area contributed by atoms with E-state index in [0.29, 0.717) is 0 Å². The maximum absolute atomic E-state index is 13.2. The molecule has 0 bridgehead atoms. The van der Waals surface area contributed by atoms with Crippen molar-refractivity contribution in [3.05, 3.63) is 46.0 Å². The van der Waals surface area contributed by atoms with Crippen LogP contribution in [0.1, 0.15) is 30.2 Å². The summed E-state index contributed by atoms with van der Waals surface area (Å²) in [6, 6.07) is 5.37. The highest BCUT2D eigenvalue weighted by molar-refractivity contribution is 5.91. The normalized spacial score (nSPS) is 10.6. The van der Waals surface area contributed by atoms with Crippen LogP contribution in [0.25, 0.3) is 22.3 Å². The first-order valence-electron chi connectivity index (χ1n) is 8.38. The topological polar surface area (TPSA) is 122 Å². The molecule has 0 fully saturated rings. The molecule has 3 rings (SSSR count). The lowest BCUT2D eigenvalue weighted by Crippen LogP contribution is -2.12.